The minimum Gasteiger partial charge on any atom is -0.326 e. The maximum absolute atomic E-state index is 11.6. The molecule has 0 aliphatic heterocycles. The summed E-state index contributed by atoms with van der Waals surface area (Å²) >= 11 is 1.98. The molecule has 0 saturated heterocycles. The molecule has 4 nitrogen and oxygen atoms in total. The van der Waals surface area contributed by atoms with Crippen LogP contribution in [0.2, 0.25) is 0 Å². The van der Waals surface area contributed by atoms with Crippen LogP contribution in [0.25, 0.3) is 0 Å². The molecule has 1 unspecified atom stereocenters. The highest BCUT2D eigenvalue weighted by atomic mass is 127. The van der Waals surface area contributed by atoms with Crippen LogP contribution < -0.4 is 11.3 Å². The van der Waals surface area contributed by atoms with Gasteiger partial charge in [0.15, 0.2) is 0 Å². The topological polar surface area (TPSA) is 60.9 Å². The van der Waals surface area contributed by atoms with E-state index < -0.39 is 0 Å². The summed E-state index contributed by atoms with van der Waals surface area (Å²) in [5.41, 5.74) is 5.61. The Balaban J connectivity index is 3.18. The summed E-state index contributed by atoms with van der Waals surface area (Å²) < 4.78 is 2.23. The zero-order valence-electron chi connectivity index (χ0n) is 7.62. The molecule has 0 aromatic carbocycles. The largest absolute Gasteiger partial charge is 0.326 e. The molecule has 2 N–H and O–H groups in total. The van der Waals surface area contributed by atoms with Gasteiger partial charge in [0, 0.05) is 18.8 Å². The van der Waals surface area contributed by atoms with Crippen molar-refractivity contribution in [2.24, 2.45) is 5.73 Å². The summed E-state index contributed by atoms with van der Waals surface area (Å²) in [7, 11) is 0. The quantitative estimate of drug-likeness (QED) is 0.808. The summed E-state index contributed by atoms with van der Waals surface area (Å²) in [5.74, 6) is 0.711. The molecule has 0 radical (unpaired) electrons. The minimum atomic E-state index is -0.0311. The molecule has 5 heteroatoms. The Kier molecular flexibility index (Phi) is 3.43. The van der Waals surface area contributed by atoms with Crippen LogP contribution in [0, 0.1) is 10.5 Å². The third kappa shape index (κ3) is 2.50. The van der Waals surface area contributed by atoms with Gasteiger partial charge in [0.2, 0.25) is 0 Å². The third-order valence-corrected chi connectivity index (χ3v) is 2.42. The Labute approximate surface area is 90.3 Å². The molecule has 13 heavy (non-hydrogen) atoms. The van der Waals surface area contributed by atoms with E-state index in [0.29, 0.717) is 15.9 Å². The lowest BCUT2D eigenvalue weighted by molar-refractivity contribution is 0.549. The summed E-state index contributed by atoms with van der Waals surface area (Å²) in [6, 6.07) is -0.0311. The van der Waals surface area contributed by atoms with E-state index in [1.807, 2.05) is 29.5 Å². The van der Waals surface area contributed by atoms with Gasteiger partial charge in [-0.3, -0.25) is 9.36 Å². The standard InChI is InChI=1S/C8H12IN3O/c1-5(10)4-12-6(2)11-3-7(9)8(12)13/h3,5H,4,10H2,1-2H3. The predicted molar refractivity (Wildman–Crippen MR) is 59.6 cm³/mol. The molecule has 0 spiro atoms. The fourth-order valence-electron chi connectivity index (χ4n) is 1.05. The molecule has 0 amide bonds. The van der Waals surface area contributed by atoms with Gasteiger partial charge in [-0.1, -0.05) is 0 Å². The summed E-state index contributed by atoms with van der Waals surface area (Å²) in [6.45, 7) is 4.19. The number of nitrogens with two attached hydrogens (primary N) is 1. The van der Waals surface area contributed by atoms with E-state index in [4.69, 9.17) is 5.73 Å². The normalized spacial score (nSPS) is 12.9. The number of rotatable bonds is 2. The Morgan fingerprint density at radius 3 is 2.92 bits per heavy atom. The van der Waals surface area contributed by atoms with Gasteiger partial charge in [0.05, 0.1) is 3.57 Å². The van der Waals surface area contributed by atoms with Crippen LogP contribution in [-0.2, 0) is 6.54 Å². The van der Waals surface area contributed by atoms with E-state index in [9.17, 15) is 4.79 Å². The smallest absolute Gasteiger partial charge is 0.266 e. The first-order valence-corrected chi connectivity index (χ1v) is 5.07. The van der Waals surface area contributed by atoms with Gasteiger partial charge in [0.25, 0.3) is 5.56 Å². The highest BCUT2D eigenvalue weighted by Crippen LogP contribution is 1.97. The van der Waals surface area contributed by atoms with Crippen LogP contribution in [0.4, 0.5) is 0 Å². The molecule has 1 atom stereocenters. The number of nitrogens with zero attached hydrogens (tertiary/aromatic N) is 2. The van der Waals surface area contributed by atoms with E-state index >= 15 is 0 Å². The van der Waals surface area contributed by atoms with Crippen molar-refractivity contribution in [2.45, 2.75) is 26.4 Å². The first kappa shape index (κ1) is 10.6. The maximum atomic E-state index is 11.6. The van der Waals surface area contributed by atoms with Gasteiger partial charge in [-0.05, 0) is 36.4 Å². The number of aromatic nitrogens is 2. The highest BCUT2D eigenvalue weighted by Gasteiger charge is 2.06. The van der Waals surface area contributed by atoms with Crippen LogP contribution in [0.3, 0.4) is 0 Å². The van der Waals surface area contributed by atoms with E-state index in [2.05, 4.69) is 4.98 Å². The van der Waals surface area contributed by atoms with E-state index in [1.54, 1.807) is 17.7 Å². The predicted octanol–water partition coefficient (Wildman–Crippen LogP) is 0.504. The lowest BCUT2D eigenvalue weighted by Gasteiger charge is -2.11. The third-order valence-electron chi connectivity index (χ3n) is 1.68. The average Bonchev–Trinajstić information content (AvgIpc) is 2.05. The Bertz CT molecular complexity index is 359. The molecule has 1 aromatic rings. The zero-order chi connectivity index (χ0) is 10.0. The highest BCUT2D eigenvalue weighted by molar-refractivity contribution is 14.1. The molecule has 1 aromatic heterocycles. The average molecular weight is 293 g/mol. The van der Waals surface area contributed by atoms with Crippen LogP contribution in [0.5, 0.6) is 0 Å². The first-order valence-electron chi connectivity index (χ1n) is 4.00. The van der Waals surface area contributed by atoms with Crippen molar-refractivity contribution < 1.29 is 0 Å². The maximum Gasteiger partial charge on any atom is 0.266 e. The van der Waals surface area contributed by atoms with Gasteiger partial charge in [-0.15, -0.1) is 0 Å². The summed E-state index contributed by atoms with van der Waals surface area (Å²) in [5, 5.41) is 0. The van der Waals surface area contributed by atoms with Crippen molar-refractivity contribution in [3.8, 4) is 0 Å². The van der Waals surface area contributed by atoms with Crippen molar-refractivity contribution in [1.82, 2.24) is 9.55 Å². The van der Waals surface area contributed by atoms with Gasteiger partial charge in [0.1, 0.15) is 5.82 Å². The lowest BCUT2D eigenvalue weighted by atomic mass is 10.3. The second-order valence-electron chi connectivity index (χ2n) is 3.05. The molecule has 0 aliphatic carbocycles. The van der Waals surface area contributed by atoms with Crippen LogP contribution in [0.1, 0.15) is 12.7 Å². The first-order chi connectivity index (χ1) is 6.02. The van der Waals surface area contributed by atoms with E-state index in [0.717, 1.165) is 0 Å². The summed E-state index contributed by atoms with van der Waals surface area (Å²) in [6.07, 6.45) is 1.58. The van der Waals surface area contributed by atoms with Crippen molar-refractivity contribution >= 4 is 22.6 Å². The van der Waals surface area contributed by atoms with Crippen molar-refractivity contribution in [2.75, 3.05) is 0 Å². The van der Waals surface area contributed by atoms with Gasteiger partial charge < -0.3 is 5.73 Å². The number of halogens is 1. The fourth-order valence-corrected chi connectivity index (χ4v) is 1.48. The number of hydrogen-bond acceptors (Lipinski definition) is 3. The SMILES string of the molecule is Cc1ncc(I)c(=O)n1CC(C)N. The van der Waals surface area contributed by atoms with Crippen molar-refractivity contribution in [3.05, 3.63) is 25.9 Å². The molecule has 1 heterocycles. The molecule has 0 fully saturated rings. The molecule has 0 bridgehead atoms. The second kappa shape index (κ2) is 4.19. The molecule has 0 aliphatic rings. The Morgan fingerprint density at radius 2 is 2.38 bits per heavy atom. The monoisotopic (exact) mass is 293 g/mol. The van der Waals surface area contributed by atoms with Gasteiger partial charge in [-0.2, -0.15) is 0 Å². The molecular weight excluding hydrogens is 281 g/mol. The lowest BCUT2D eigenvalue weighted by Crippen LogP contribution is -2.33. The zero-order valence-corrected chi connectivity index (χ0v) is 9.78. The number of aryl methyl sites for hydroxylation is 1. The van der Waals surface area contributed by atoms with Crippen molar-refractivity contribution in [1.29, 1.82) is 0 Å². The Morgan fingerprint density at radius 1 is 1.77 bits per heavy atom. The fraction of sp³-hybridized carbons (Fsp3) is 0.500. The van der Waals surface area contributed by atoms with Crippen LogP contribution in [-0.4, -0.2) is 15.6 Å². The van der Waals surface area contributed by atoms with E-state index in [-0.39, 0.29) is 11.6 Å². The molecule has 1 rings (SSSR count). The Hall–Kier alpha value is -0.430. The van der Waals surface area contributed by atoms with Crippen LogP contribution in [0.15, 0.2) is 11.0 Å². The number of hydrogen-bond donors (Lipinski definition) is 1. The summed E-state index contributed by atoms with van der Waals surface area (Å²) in [4.78, 5) is 15.7. The second-order valence-corrected chi connectivity index (χ2v) is 4.21. The van der Waals surface area contributed by atoms with Crippen LogP contribution >= 0.6 is 22.6 Å². The van der Waals surface area contributed by atoms with E-state index in [1.165, 1.54) is 0 Å². The van der Waals surface area contributed by atoms with Gasteiger partial charge >= 0.3 is 0 Å². The minimum absolute atomic E-state index is 0.00889. The van der Waals surface area contributed by atoms with Gasteiger partial charge in [-0.25, -0.2) is 4.98 Å². The van der Waals surface area contributed by atoms with Crippen molar-refractivity contribution in [3.63, 3.8) is 0 Å². The molecule has 0 saturated carbocycles. The molecule has 72 valence electrons. The molecular formula is C8H12IN3O.